The number of rotatable bonds is 7. The molecule has 45 heavy (non-hydrogen) atoms. The molecule has 11 nitrogen and oxygen atoms in total. The number of hydrogen-bond donors (Lipinski definition) is 1. The fourth-order valence-electron chi connectivity index (χ4n) is 4.32. The summed E-state index contributed by atoms with van der Waals surface area (Å²) in [6.45, 7) is 0.199. The third-order valence-electron chi connectivity index (χ3n) is 6.35. The minimum absolute atomic E-state index is 0.0393. The predicted octanol–water partition coefficient (Wildman–Crippen LogP) is 7.11. The van der Waals surface area contributed by atoms with Crippen LogP contribution in [0, 0.1) is 11.3 Å². The molecule has 0 saturated carbocycles. The fourth-order valence-corrected chi connectivity index (χ4v) is 4.45. The van der Waals surface area contributed by atoms with Crippen molar-refractivity contribution in [2.45, 2.75) is 12.9 Å². The number of halogens is 3. The first-order valence-electron chi connectivity index (χ1n) is 13.1. The standard InChI is InChI=1S/C19H18ClN3O4.C12H6F2N2O2/c1-25-19(24)23(26-2)17-6-4-3-5-14(17)13-27-18-11-12-22(21-18)16-9-7-15(20)8-10-16;13-12(14)17-10-3-1-2-8(11(10)18-12)9-6-16-5-7(9)4-15/h3-12H,13H2,1-2H3;1-3,5-6,16H. The second-order valence-corrected chi connectivity index (χ2v) is 9.57. The van der Waals surface area contributed by atoms with Gasteiger partial charge in [-0.2, -0.15) is 10.3 Å². The van der Waals surface area contributed by atoms with E-state index in [1.54, 1.807) is 59.5 Å². The van der Waals surface area contributed by atoms with Crippen molar-refractivity contribution >= 4 is 23.4 Å². The Kier molecular flexibility index (Phi) is 9.17. The number of amides is 1. The van der Waals surface area contributed by atoms with Crippen LogP contribution in [0.4, 0.5) is 19.3 Å². The van der Waals surface area contributed by atoms with Crippen LogP contribution in [0.15, 0.2) is 91.4 Å². The fraction of sp³-hybridized carbons (Fsp3) is 0.129. The third-order valence-corrected chi connectivity index (χ3v) is 6.60. The normalized spacial score (nSPS) is 12.4. The highest BCUT2D eigenvalue weighted by Crippen LogP contribution is 2.47. The molecule has 230 valence electrons. The van der Waals surface area contributed by atoms with Crippen LogP contribution in [0.25, 0.3) is 16.8 Å². The summed E-state index contributed by atoms with van der Waals surface area (Å²) in [5, 5.41) is 15.0. The third kappa shape index (κ3) is 6.98. The van der Waals surface area contributed by atoms with Crippen molar-refractivity contribution in [3.05, 3.63) is 108 Å². The lowest BCUT2D eigenvalue weighted by molar-refractivity contribution is -0.286. The minimum Gasteiger partial charge on any atom is -0.472 e. The van der Waals surface area contributed by atoms with Crippen LogP contribution >= 0.6 is 11.6 Å². The molecule has 3 heterocycles. The molecule has 1 aliphatic heterocycles. The van der Waals surface area contributed by atoms with Gasteiger partial charge in [0.1, 0.15) is 12.7 Å². The van der Waals surface area contributed by atoms with Gasteiger partial charge < -0.3 is 23.9 Å². The number of nitrogens with zero attached hydrogens (tertiary/aromatic N) is 4. The molecule has 3 aromatic carbocycles. The molecule has 5 aromatic rings. The number of carbonyl (C=O) groups is 1. The van der Waals surface area contributed by atoms with Gasteiger partial charge in [0.05, 0.1) is 31.2 Å². The van der Waals surface area contributed by atoms with E-state index in [1.807, 2.05) is 30.3 Å². The van der Waals surface area contributed by atoms with Crippen molar-refractivity contribution in [3.63, 3.8) is 0 Å². The topological polar surface area (TPSA) is 124 Å². The molecule has 0 saturated heterocycles. The van der Waals surface area contributed by atoms with Gasteiger partial charge in [-0.3, -0.25) is 4.84 Å². The number of nitriles is 1. The van der Waals surface area contributed by atoms with E-state index >= 15 is 0 Å². The van der Waals surface area contributed by atoms with Gasteiger partial charge in [0, 0.05) is 46.4 Å². The highest BCUT2D eigenvalue weighted by Gasteiger charge is 2.44. The Hall–Kier alpha value is -5.58. The average molecular weight is 636 g/mol. The van der Waals surface area contributed by atoms with E-state index in [9.17, 15) is 13.6 Å². The number of aromatic nitrogens is 3. The van der Waals surface area contributed by atoms with Gasteiger partial charge in [0.25, 0.3) is 0 Å². The highest BCUT2D eigenvalue weighted by molar-refractivity contribution is 6.30. The Balaban J connectivity index is 0.000000192. The van der Waals surface area contributed by atoms with E-state index in [1.165, 1.54) is 26.5 Å². The number of H-pyrrole nitrogens is 1. The van der Waals surface area contributed by atoms with Crippen molar-refractivity contribution in [2.75, 3.05) is 19.3 Å². The summed E-state index contributed by atoms with van der Waals surface area (Å²) in [6, 6.07) is 22.8. The summed E-state index contributed by atoms with van der Waals surface area (Å²) >= 11 is 5.91. The predicted molar refractivity (Wildman–Crippen MR) is 158 cm³/mol. The first kappa shape index (κ1) is 30.9. The number of anilines is 1. The molecule has 1 N–H and O–H groups in total. The van der Waals surface area contributed by atoms with Crippen LogP contribution in [0.2, 0.25) is 5.02 Å². The van der Waals surface area contributed by atoms with Gasteiger partial charge in [-0.25, -0.2) is 9.48 Å². The molecule has 0 radical (unpaired) electrons. The molecule has 0 bridgehead atoms. The molecule has 0 fully saturated rings. The maximum atomic E-state index is 13.0. The summed E-state index contributed by atoms with van der Waals surface area (Å²) in [4.78, 5) is 19.7. The SMILES string of the molecule is COC(=O)N(OC)c1ccccc1COc1ccn(-c2ccc(Cl)cc2)n1.N#Cc1c[nH]cc1-c1cccc2c1OC(F)(F)O2. The van der Waals surface area contributed by atoms with Crippen molar-refractivity contribution < 1.29 is 37.4 Å². The number of para-hydroxylation sites is 2. The number of carbonyl (C=O) groups excluding carboxylic acids is 1. The average Bonchev–Trinajstić information content (AvgIpc) is 3.79. The van der Waals surface area contributed by atoms with Crippen molar-refractivity contribution in [2.24, 2.45) is 0 Å². The number of methoxy groups -OCH3 is 1. The van der Waals surface area contributed by atoms with E-state index in [4.69, 9.17) is 31.2 Å². The summed E-state index contributed by atoms with van der Waals surface area (Å²) in [7, 11) is 2.68. The van der Waals surface area contributed by atoms with E-state index in [-0.39, 0.29) is 18.1 Å². The Morgan fingerprint density at radius 2 is 1.82 bits per heavy atom. The zero-order valence-electron chi connectivity index (χ0n) is 23.7. The van der Waals surface area contributed by atoms with Gasteiger partial charge in [0.2, 0.25) is 5.88 Å². The molecule has 0 aliphatic carbocycles. The molecule has 0 spiro atoms. The quantitative estimate of drug-likeness (QED) is 0.188. The van der Waals surface area contributed by atoms with Crippen molar-refractivity contribution in [3.8, 4) is 40.3 Å². The number of ether oxygens (including phenoxy) is 4. The minimum atomic E-state index is -3.67. The lowest BCUT2D eigenvalue weighted by atomic mass is 10.0. The largest absolute Gasteiger partial charge is 0.586 e. The number of alkyl halides is 2. The molecule has 6 rings (SSSR count). The summed E-state index contributed by atoms with van der Waals surface area (Å²) in [6.07, 6.45) is 0.537. The zero-order chi connectivity index (χ0) is 32.0. The van der Waals surface area contributed by atoms with E-state index < -0.39 is 12.4 Å². The Bertz CT molecular complexity index is 1840. The van der Waals surface area contributed by atoms with E-state index in [0.717, 1.165) is 16.3 Å². The molecule has 0 atom stereocenters. The summed E-state index contributed by atoms with van der Waals surface area (Å²) in [5.74, 6) is 0.350. The van der Waals surface area contributed by atoms with E-state index in [2.05, 4.69) is 19.6 Å². The number of fused-ring (bicyclic) bond motifs is 1. The van der Waals surface area contributed by atoms with Crippen LogP contribution in [-0.2, 0) is 16.2 Å². The highest BCUT2D eigenvalue weighted by atomic mass is 35.5. The number of nitrogens with one attached hydrogen (secondary N) is 1. The van der Waals surface area contributed by atoms with Gasteiger partial charge >= 0.3 is 12.4 Å². The molecule has 1 aliphatic rings. The second-order valence-electron chi connectivity index (χ2n) is 9.13. The molecular weight excluding hydrogens is 612 g/mol. The summed E-state index contributed by atoms with van der Waals surface area (Å²) < 4.78 is 47.1. The number of hydroxylamine groups is 1. The first-order chi connectivity index (χ1) is 21.7. The van der Waals surface area contributed by atoms with Crippen LogP contribution < -0.4 is 19.3 Å². The van der Waals surface area contributed by atoms with E-state index in [0.29, 0.717) is 33.3 Å². The van der Waals surface area contributed by atoms with Crippen LogP contribution in [0.5, 0.6) is 17.4 Å². The Labute approximate surface area is 260 Å². The maximum absolute atomic E-state index is 13.0. The maximum Gasteiger partial charge on any atom is 0.586 e. The Morgan fingerprint density at radius 1 is 1.04 bits per heavy atom. The monoisotopic (exact) mass is 635 g/mol. The number of aromatic amines is 1. The van der Waals surface area contributed by atoms with Crippen molar-refractivity contribution in [1.29, 1.82) is 5.26 Å². The number of benzene rings is 3. The second kappa shape index (κ2) is 13.4. The lowest BCUT2D eigenvalue weighted by Crippen LogP contribution is -2.30. The summed E-state index contributed by atoms with van der Waals surface area (Å²) in [5.41, 5.74) is 3.38. The lowest BCUT2D eigenvalue weighted by Gasteiger charge is -2.20. The Morgan fingerprint density at radius 3 is 2.56 bits per heavy atom. The molecule has 2 aromatic heterocycles. The van der Waals surface area contributed by atoms with Gasteiger partial charge in [-0.15, -0.1) is 13.9 Å². The van der Waals surface area contributed by atoms with Crippen molar-refractivity contribution in [1.82, 2.24) is 14.8 Å². The van der Waals surface area contributed by atoms with Crippen LogP contribution in [0.1, 0.15) is 11.1 Å². The molecular formula is C31H24ClF2N5O6. The van der Waals surface area contributed by atoms with Crippen LogP contribution in [0.3, 0.4) is 0 Å². The first-order valence-corrected chi connectivity index (χ1v) is 13.5. The molecule has 1 amide bonds. The zero-order valence-corrected chi connectivity index (χ0v) is 24.5. The van der Waals surface area contributed by atoms with Gasteiger partial charge in [0.15, 0.2) is 11.5 Å². The molecule has 0 unspecified atom stereocenters. The van der Waals surface area contributed by atoms with Gasteiger partial charge in [-0.05, 0) is 36.4 Å². The number of hydrogen-bond acceptors (Lipinski definition) is 8. The van der Waals surface area contributed by atoms with Gasteiger partial charge in [-0.1, -0.05) is 41.9 Å². The smallest absolute Gasteiger partial charge is 0.472 e. The van der Waals surface area contributed by atoms with Crippen LogP contribution in [-0.4, -0.2) is 41.4 Å². The molecule has 14 heteroatoms.